The van der Waals surface area contributed by atoms with Crippen molar-refractivity contribution in [1.29, 1.82) is 0 Å². The van der Waals surface area contributed by atoms with Gasteiger partial charge in [-0.2, -0.15) is 13.2 Å². The first-order valence-electron chi connectivity index (χ1n) is 6.20. The van der Waals surface area contributed by atoms with E-state index in [1.807, 2.05) is 0 Å². The van der Waals surface area contributed by atoms with Gasteiger partial charge in [-0.3, -0.25) is 4.79 Å². The second-order valence-electron chi connectivity index (χ2n) is 4.49. The Kier molecular flexibility index (Phi) is 6.05. The van der Waals surface area contributed by atoms with Crippen molar-refractivity contribution < 1.29 is 32.6 Å². The van der Waals surface area contributed by atoms with Gasteiger partial charge in [0.15, 0.2) is 0 Å². The number of amides is 2. The number of urea groups is 1. The van der Waals surface area contributed by atoms with Crippen LogP contribution < -0.4 is 5.32 Å². The fraction of sp³-hybridized carbons (Fsp3) is 0.818. The molecule has 116 valence electrons. The first kappa shape index (κ1) is 16.5. The van der Waals surface area contributed by atoms with Gasteiger partial charge in [0.05, 0.1) is 13.0 Å². The monoisotopic (exact) mass is 298 g/mol. The van der Waals surface area contributed by atoms with Gasteiger partial charge in [-0.25, -0.2) is 4.79 Å². The molecule has 0 aromatic rings. The number of nitrogens with one attached hydrogen (secondary N) is 1. The smallest absolute Gasteiger partial charge is 0.411 e. The van der Waals surface area contributed by atoms with E-state index in [1.165, 1.54) is 4.90 Å². The van der Waals surface area contributed by atoms with Crippen LogP contribution >= 0.6 is 0 Å². The van der Waals surface area contributed by atoms with Gasteiger partial charge in [0, 0.05) is 19.1 Å². The molecule has 1 saturated heterocycles. The fourth-order valence-electron chi connectivity index (χ4n) is 2.04. The van der Waals surface area contributed by atoms with Crippen LogP contribution in [0.3, 0.4) is 0 Å². The minimum absolute atomic E-state index is 0.0504. The fourth-order valence-corrected chi connectivity index (χ4v) is 2.04. The van der Waals surface area contributed by atoms with Crippen molar-refractivity contribution in [2.75, 3.05) is 26.3 Å². The second-order valence-corrected chi connectivity index (χ2v) is 4.49. The van der Waals surface area contributed by atoms with Gasteiger partial charge in [-0.05, 0) is 12.8 Å². The molecular formula is C11H17F3N2O4. The van der Waals surface area contributed by atoms with Crippen LogP contribution in [0.1, 0.15) is 19.3 Å². The molecule has 1 heterocycles. The molecule has 0 aromatic carbocycles. The number of hydrogen-bond acceptors (Lipinski definition) is 3. The SMILES string of the molecule is O=C(O)CC1CCCN1C(=O)NCCOCC(F)(F)F. The van der Waals surface area contributed by atoms with E-state index in [0.29, 0.717) is 13.0 Å². The summed E-state index contributed by atoms with van der Waals surface area (Å²) in [7, 11) is 0. The number of carboxylic acid groups (broad SMARTS) is 1. The Morgan fingerprint density at radius 1 is 1.40 bits per heavy atom. The predicted octanol–water partition coefficient (Wildman–Crippen LogP) is 1.21. The third-order valence-corrected chi connectivity index (χ3v) is 2.84. The van der Waals surface area contributed by atoms with E-state index in [9.17, 15) is 22.8 Å². The number of aliphatic carboxylic acids is 1. The lowest BCUT2D eigenvalue weighted by Gasteiger charge is -2.23. The standard InChI is InChI=1S/C11H17F3N2O4/c12-11(13,14)7-20-5-3-15-10(19)16-4-1-2-8(16)6-9(17)18/h8H,1-7H2,(H,15,19)(H,17,18). The van der Waals surface area contributed by atoms with E-state index < -0.39 is 24.8 Å². The van der Waals surface area contributed by atoms with Gasteiger partial charge in [0.2, 0.25) is 0 Å². The number of hydrogen-bond donors (Lipinski definition) is 2. The summed E-state index contributed by atoms with van der Waals surface area (Å²) in [5.74, 6) is -0.983. The van der Waals surface area contributed by atoms with E-state index in [4.69, 9.17) is 5.11 Å². The maximum atomic E-state index is 11.8. The second kappa shape index (κ2) is 7.32. The van der Waals surface area contributed by atoms with Crippen molar-refractivity contribution in [2.45, 2.75) is 31.5 Å². The number of nitrogens with zero attached hydrogens (tertiary/aromatic N) is 1. The highest BCUT2D eigenvalue weighted by atomic mass is 19.4. The highest BCUT2D eigenvalue weighted by Gasteiger charge is 2.30. The Labute approximate surface area is 113 Å². The van der Waals surface area contributed by atoms with Gasteiger partial charge < -0.3 is 20.1 Å². The summed E-state index contributed by atoms with van der Waals surface area (Å²) >= 11 is 0. The molecule has 1 aliphatic heterocycles. The van der Waals surface area contributed by atoms with Crippen LogP contribution in [0, 0.1) is 0 Å². The normalized spacial score (nSPS) is 19.1. The lowest BCUT2D eigenvalue weighted by atomic mass is 10.1. The zero-order valence-corrected chi connectivity index (χ0v) is 10.8. The molecule has 6 nitrogen and oxygen atoms in total. The molecule has 0 bridgehead atoms. The van der Waals surface area contributed by atoms with Crippen LogP contribution in [-0.4, -0.2) is 60.5 Å². The van der Waals surface area contributed by atoms with E-state index in [0.717, 1.165) is 6.42 Å². The van der Waals surface area contributed by atoms with Gasteiger partial charge >= 0.3 is 18.2 Å². The van der Waals surface area contributed by atoms with Crippen LogP contribution in [-0.2, 0) is 9.53 Å². The summed E-state index contributed by atoms with van der Waals surface area (Å²) in [6.07, 6.45) is -3.18. The lowest BCUT2D eigenvalue weighted by Crippen LogP contribution is -2.44. The lowest BCUT2D eigenvalue weighted by molar-refractivity contribution is -0.173. The maximum Gasteiger partial charge on any atom is 0.411 e. The highest BCUT2D eigenvalue weighted by molar-refractivity contribution is 5.76. The number of alkyl halides is 3. The van der Waals surface area contributed by atoms with Gasteiger partial charge in [0.25, 0.3) is 0 Å². The first-order chi connectivity index (χ1) is 9.29. The van der Waals surface area contributed by atoms with E-state index in [1.54, 1.807) is 0 Å². The zero-order chi connectivity index (χ0) is 15.2. The maximum absolute atomic E-state index is 11.8. The van der Waals surface area contributed by atoms with Gasteiger partial charge in [0.1, 0.15) is 6.61 Å². The molecule has 0 saturated carbocycles. The van der Waals surface area contributed by atoms with E-state index in [2.05, 4.69) is 10.1 Å². The minimum atomic E-state index is -4.38. The summed E-state index contributed by atoms with van der Waals surface area (Å²) in [4.78, 5) is 23.8. The molecule has 0 spiro atoms. The number of likely N-dealkylation sites (tertiary alicyclic amines) is 1. The van der Waals surface area contributed by atoms with Crippen molar-refractivity contribution in [1.82, 2.24) is 10.2 Å². The van der Waals surface area contributed by atoms with Crippen molar-refractivity contribution >= 4 is 12.0 Å². The summed E-state index contributed by atoms with van der Waals surface area (Å²) in [6.45, 7) is -1.20. The third kappa shape index (κ3) is 6.09. The molecule has 2 amide bonds. The van der Waals surface area contributed by atoms with Crippen molar-refractivity contribution in [3.8, 4) is 0 Å². The van der Waals surface area contributed by atoms with Crippen LogP contribution in [0.4, 0.5) is 18.0 Å². The average molecular weight is 298 g/mol. The molecule has 1 aliphatic rings. The van der Waals surface area contributed by atoms with Crippen molar-refractivity contribution in [2.24, 2.45) is 0 Å². The summed E-state index contributed by atoms with van der Waals surface area (Å²) in [5.41, 5.74) is 0. The largest absolute Gasteiger partial charge is 0.481 e. The van der Waals surface area contributed by atoms with Crippen LogP contribution in [0.25, 0.3) is 0 Å². The molecule has 0 aliphatic carbocycles. The molecule has 1 atom stereocenters. The highest BCUT2D eigenvalue weighted by Crippen LogP contribution is 2.20. The zero-order valence-electron chi connectivity index (χ0n) is 10.8. The topological polar surface area (TPSA) is 78.9 Å². The van der Waals surface area contributed by atoms with Crippen molar-refractivity contribution in [3.63, 3.8) is 0 Å². The Bertz CT molecular complexity index is 349. The van der Waals surface area contributed by atoms with E-state index in [-0.39, 0.29) is 25.6 Å². The number of carboxylic acids is 1. The van der Waals surface area contributed by atoms with Crippen LogP contribution in [0.15, 0.2) is 0 Å². The van der Waals surface area contributed by atoms with Crippen LogP contribution in [0.2, 0.25) is 0 Å². The van der Waals surface area contributed by atoms with E-state index >= 15 is 0 Å². The summed E-state index contributed by atoms with van der Waals surface area (Å²) < 4.78 is 39.7. The minimum Gasteiger partial charge on any atom is -0.481 e. The molecule has 1 rings (SSSR count). The molecule has 0 radical (unpaired) electrons. The third-order valence-electron chi connectivity index (χ3n) is 2.84. The molecule has 0 aromatic heterocycles. The summed E-state index contributed by atoms with van der Waals surface area (Å²) in [6, 6.07) is -0.826. The van der Waals surface area contributed by atoms with Crippen molar-refractivity contribution in [3.05, 3.63) is 0 Å². The Morgan fingerprint density at radius 3 is 2.70 bits per heavy atom. The molecule has 1 fully saturated rings. The number of rotatable bonds is 6. The number of carbonyl (C=O) groups is 2. The quantitative estimate of drug-likeness (QED) is 0.723. The number of ether oxygens (including phenoxy) is 1. The molecule has 9 heteroatoms. The molecule has 2 N–H and O–H groups in total. The molecule has 20 heavy (non-hydrogen) atoms. The van der Waals surface area contributed by atoms with Crippen LogP contribution in [0.5, 0.6) is 0 Å². The predicted molar refractivity (Wildman–Crippen MR) is 62.3 cm³/mol. The van der Waals surface area contributed by atoms with Gasteiger partial charge in [-0.1, -0.05) is 0 Å². The Morgan fingerprint density at radius 2 is 2.10 bits per heavy atom. The number of carbonyl (C=O) groups excluding carboxylic acids is 1. The first-order valence-corrected chi connectivity index (χ1v) is 6.20. The summed E-state index contributed by atoms with van der Waals surface area (Å²) in [5, 5.41) is 11.1. The average Bonchev–Trinajstić information content (AvgIpc) is 2.74. The Balaban J connectivity index is 2.23. The molecular weight excluding hydrogens is 281 g/mol. The van der Waals surface area contributed by atoms with Gasteiger partial charge in [-0.15, -0.1) is 0 Å². The number of halogens is 3. The molecule has 1 unspecified atom stereocenters. The Hall–Kier alpha value is -1.51.